The lowest BCUT2D eigenvalue weighted by atomic mass is 10.2. The number of benzene rings is 1. The summed E-state index contributed by atoms with van der Waals surface area (Å²) < 4.78 is 1.98. The molecule has 0 spiro atoms. The van der Waals surface area contributed by atoms with Gasteiger partial charge < -0.3 is 14.6 Å². The van der Waals surface area contributed by atoms with Gasteiger partial charge in [-0.2, -0.15) is 0 Å². The molecule has 1 atom stereocenters. The summed E-state index contributed by atoms with van der Waals surface area (Å²) in [6, 6.07) is 10.0. The van der Waals surface area contributed by atoms with E-state index in [2.05, 4.69) is 4.90 Å². The summed E-state index contributed by atoms with van der Waals surface area (Å²) in [5, 5.41) is 10.9. The Labute approximate surface area is 137 Å². The van der Waals surface area contributed by atoms with Gasteiger partial charge in [-0.05, 0) is 18.6 Å². The Balaban J connectivity index is 1.68. The van der Waals surface area contributed by atoms with Gasteiger partial charge in [-0.15, -0.1) is 0 Å². The molecule has 0 saturated carbocycles. The molecule has 2 aromatic rings. The first kappa shape index (κ1) is 16.0. The molecule has 1 saturated heterocycles. The molecule has 1 N–H and O–H groups in total. The smallest absolute Gasteiger partial charge is 0.270 e. The van der Waals surface area contributed by atoms with E-state index < -0.39 is 0 Å². The Hall–Kier alpha value is -1.85. The van der Waals surface area contributed by atoms with Gasteiger partial charge in [-0.25, -0.2) is 0 Å². The SMILES string of the molecule is CCC(O)CN1CCN(C(=O)c2cc3ccccc3n2C)CC1. The zero-order valence-electron chi connectivity index (χ0n) is 13.9. The van der Waals surface area contributed by atoms with Crippen molar-refractivity contribution in [3.8, 4) is 0 Å². The van der Waals surface area contributed by atoms with Crippen LogP contribution in [-0.4, -0.2) is 64.2 Å². The van der Waals surface area contributed by atoms with Crippen molar-refractivity contribution < 1.29 is 9.90 Å². The van der Waals surface area contributed by atoms with E-state index in [1.54, 1.807) is 0 Å². The Morgan fingerprint density at radius 2 is 1.91 bits per heavy atom. The molecule has 1 unspecified atom stereocenters. The van der Waals surface area contributed by atoms with E-state index >= 15 is 0 Å². The number of carbonyl (C=O) groups is 1. The summed E-state index contributed by atoms with van der Waals surface area (Å²) in [6.45, 7) is 5.78. The second kappa shape index (κ2) is 6.72. The minimum Gasteiger partial charge on any atom is -0.392 e. The topological polar surface area (TPSA) is 48.7 Å². The number of amides is 1. The van der Waals surface area contributed by atoms with Gasteiger partial charge >= 0.3 is 0 Å². The third kappa shape index (κ3) is 3.26. The van der Waals surface area contributed by atoms with E-state index in [-0.39, 0.29) is 12.0 Å². The van der Waals surface area contributed by atoms with E-state index in [1.807, 2.05) is 53.8 Å². The quantitative estimate of drug-likeness (QED) is 0.934. The van der Waals surface area contributed by atoms with Gasteiger partial charge in [0, 0.05) is 50.7 Å². The number of rotatable bonds is 4. The number of carbonyl (C=O) groups excluding carboxylic acids is 1. The van der Waals surface area contributed by atoms with Crippen LogP contribution in [0.3, 0.4) is 0 Å². The molecule has 3 rings (SSSR count). The molecule has 0 radical (unpaired) electrons. The lowest BCUT2D eigenvalue weighted by molar-refractivity contribution is 0.0517. The molecule has 1 aromatic carbocycles. The number of nitrogens with zero attached hydrogens (tertiary/aromatic N) is 3. The molecule has 23 heavy (non-hydrogen) atoms. The first-order chi connectivity index (χ1) is 11.1. The number of hydrogen-bond acceptors (Lipinski definition) is 3. The van der Waals surface area contributed by atoms with Gasteiger partial charge in [0.1, 0.15) is 5.69 Å². The first-order valence-corrected chi connectivity index (χ1v) is 8.34. The fraction of sp³-hybridized carbons (Fsp3) is 0.500. The van der Waals surface area contributed by atoms with Crippen LogP contribution in [0.5, 0.6) is 0 Å². The van der Waals surface area contributed by atoms with Gasteiger partial charge in [0.25, 0.3) is 5.91 Å². The number of hydrogen-bond donors (Lipinski definition) is 1. The van der Waals surface area contributed by atoms with Crippen molar-refractivity contribution in [1.82, 2.24) is 14.4 Å². The Bertz CT molecular complexity index is 687. The van der Waals surface area contributed by atoms with Crippen LogP contribution in [0, 0.1) is 0 Å². The van der Waals surface area contributed by atoms with E-state index in [0.29, 0.717) is 6.54 Å². The highest BCUT2D eigenvalue weighted by molar-refractivity contribution is 5.98. The normalized spacial score (nSPS) is 17.6. The number of para-hydroxylation sites is 1. The van der Waals surface area contributed by atoms with Crippen molar-refractivity contribution >= 4 is 16.8 Å². The molecule has 0 aliphatic carbocycles. The van der Waals surface area contributed by atoms with Gasteiger partial charge in [-0.1, -0.05) is 25.1 Å². The predicted molar refractivity (Wildman–Crippen MR) is 91.6 cm³/mol. The third-order valence-electron chi connectivity index (χ3n) is 4.77. The standard InChI is InChI=1S/C18H25N3O2/c1-3-15(22)13-20-8-10-21(11-9-20)18(23)17-12-14-6-4-5-7-16(14)19(17)2/h4-7,12,15,22H,3,8-11,13H2,1-2H3. The Morgan fingerprint density at radius 1 is 1.22 bits per heavy atom. The molecule has 1 aromatic heterocycles. The monoisotopic (exact) mass is 315 g/mol. The number of piperazine rings is 1. The number of aryl methyl sites for hydroxylation is 1. The van der Waals surface area contributed by atoms with Crippen LogP contribution in [0.1, 0.15) is 23.8 Å². The van der Waals surface area contributed by atoms with E-state index in [1.165, 1.54) is 0 Å². The zero-order chi connectivity index (χ0) is 16.4. The van der Waals surface area contributed by atoms with Crippen molar-refractivity contribution in [3.05, 3.63) is 36.0 Å². The number of β-amino-alcohol motifs (C(OH)–C–C–N with tert-alkyl or cyclic N) is 1. The summed E-state index contributed by atoms with van der Waals surface area (Å²) in [5.74, 6) is 0.0967. The maximum absolute atomic E-state index is 12.8. The van der Waals surface area contributed by atoms with Gasteiger partial charge in [0.05, 0.1) is 6.10 Å². The predicted octanol–water partition coefficient (Wildman–Crippen LogP) is 1.71. The van der Waals surface area contributed by atoms with Crippen LogP contribution in [0.15, 0.2) is 30.3 Å². The third-order valence-corrected chi connectivity index (χ3v) is 4.77. The molecule has 124 valence electrons. The summed E-state index contributed by atoms with van der Waals surface area (Å²) in [6.07, 6.45) is 0.505. The van der Waals surface area contributed by atoms with Crippen LogP contribution < -0.4 is 0 Å². The van der Waals surface area contributed by atoms with E-state index in [4.69, 9.17) is 0 Å². The maximum atomic E-state index is 12.8. The molecular weight excluding hydrogens is 290 g/mol. The van der Waals surface area contributed by atoms with Crippen LogP contribution in [-0.2, 0) is 7.05 Å². The number of fused-ring (bicyclic) bond motifs is 1. The maximum Gasteiger partial charge on any atom is 0.270 e. The molecule has 2 heterocycles. The van der Waals surface area contributed by atoms with Crippen molar-refractivity contribution in [3.63, 3.8) is 0 Å². The molecule has 1 amide bonds. The first-order valence-electron chi connectivity index (χ1n) is 8.34. The van der Waals surface area contributed by atoms with Gasteiger partial charge in [0.15, 0.2) is 0 Å². The van der Waals surface area contributed by atoms with Crippen molar-refractivity contribution in [2.75, 3.05) is 32.7 Å². The van der Waals surface area contributed by atoms with Crippen molar-refractivity contribution in [2.24, 2.45) is 7.05 Å². The van der Waals surface area contributed by atoms with Crippen LogP contribution in [0.4, 0.5) is 0 Å². The largest absolute Gasteiger partial charge is 0.392 e. The van der Waals surface area contributed by atoms with Crippen LogP contribution in [0.25, 0.3) is 10.9 Å². The van der Waals surface area contributed by atoms with Crippen LogP contribution >= 0.6 is 0 Å². The Kier molecular flexibility index (Phi) is 4.68. The second-order valence-electron chi connectivity index (χ2n) is 6.30. The number of aliphatic hydroxyl groups excluding tert-OH is 1. The van der Waals surface area contributed by atoms with Crippen molar-refractivity contribution in [2.45, 2.75) is 19.4 Å². The number of aromatic nitrogens is 1. The molecule has 1 aliphatic rings. The summed E-state index contributed by atoms with van der Waals surface area (Å²) >= 11 is 0. The highest BCUT2D eigenvalue weighted by Gasteiger charge is 2.25. The van der Waals surface area contributed by atoms with Gasteiger partial charge in [0.2, 0.25) is 0 Å². The highest BCUT2D eigenvalue weighted by atomic mass is 16.3. The minimum absolute atomic E-state index is 0.0967. The molecule has 5 heteroatoms. The second-order valence-corrected chi connectivity index (χ2v) is 6.30. The number of aliphatic hydroxyl groups is 1. The van der Waals surface area contributed by atoms with Crippen LogP contribution in [0.2, 0.25) is 0 Å². The fourth-order valence-electron chi connectivity index (χ4n) is 3.22. The van der Waals surface area contributed by atoms with Gasteiger partial charge in [-0.3, -0.25) is 9.69 Å². The summed E-state index contributed by atoms with van der Waals surface area (Å²) in [7, 11) is 1.95. The van der Waals surface area contributed by atoms with E-state index in [9.17, 15) is 9.90 Å². The lowest BCUT2D eigenvalue weighted by Gasteiger charge is -2.35. The Morgan fingerprint density at radius 3 is 2.57 bits per heavy atom. The fourth-order valence-corrected chi connectivity index (χ4v) is 3.22. The minimum atomic E-state index is -0.268. The molecular formula is C18H25N3O2. The molecule has 1 fully saturated rings. The molecule has 5 nitrogen and oxygen atoms in total. The van der Waals surface area contributed by atoms with E-state index in [0.717, 1.165) is 49.2 Å². The average molecular weight is 315 g/mol. The zero-order valence-corrected chi connectivity index (χ0v) is 13.9. The molecule has 1 aliphatic heterocycles. The highest BCUT2D eigenvalue weighted by Crippen LogP contribution is 2.20. The lowest BCUT2D eigenvalue weighted by Crippen LogP contribution is -2.50. The summed E-state index contributed by atoms with van der Waals surface area (Å²) in [5.41, 5.74) is 1.83. The van der Waals surface area contributed by atoms with Crippen molar-refractivity contribution in [1.29, 1.82) is 0 Å². The average Bonchev–Trinajstić information content (AvgIpc) is 2.92. The summed E-state index contributed by atoms with van der Waals surface area (Å²) in [4.78, 5) is 17.0. The molecule has 0 bridgehead atoms.